The van der Waals surface area contributed by atoms with E-state index in [0.717, 1.165) is 11.4 Å². The van der Waals surface area contributed by atoms with Crippen molar-refractivity contribution in [3.8, 4) is 0 Å². The number of carbonyl (C=O) groups excluding carboxylic acids is 1. The Bertz CT molecular complexity index is 948. The van der Waals surface area contributed by atoms with E-state index in [1.54, 1.807) is 23.0 Å². The number of rotatable bonds is 5. The first-order chi connectivity index (χ1) is 12.3. The van der Waals surface area contributed by atoms with Crippen LogP contribution in [0.5, 0.6) is 0 Å². The number of aryl methyl sites for hydroxylation is 2. The number of nitrogens with zero attached hydrogens (tertiary/aromatic N) is 4. The molecule has 9 heteroatoms. The lowest BCUT2D eigenvalue weighted by molar-refractivity contribution is -0.117. The van der Waals surface area contributed by atoms with Crippen molar-refractivity contribution >= 4 is 39.3 Å². The maximum Gasteiger partial charge on any atom is 0.247 e. The average Bonchev–Trinajstić information content (AvgIpc) is 3.05. The summed E-state index contributed by atoms with van der Waals surface area (Å²) in [5.41, 5.74) is 2.09. The van der Waals surface area contributed by atoms with E-state index >= 15 is 0 Å². The second-order valence-corrected chi connectivity index (χ2v) is 7.12. The highest BCUT2D eigenvalue weighted by Crippen LogP contribution is 2.24. The van der Waals surface area contributed by atoms with E-state index in [2.05, 4.69) is 31.4 Å². The number of anilines is 1. The molecule has 0 spiro atoms. The standard InChI is InChI=1S/C17H16BrClFN5O/c1-10-6-11(2)25(22-10)9-16(26)21-17-13(18)8-24(23-17)7-12-14(19)4-3-5-15(12)20/h3-6,8H,7,9H2,1-2H3,(H,21,23,26). The van der Waals surface area contributed by atoms with Crippen LogP contribution in [0.2, 0.25) is 5.02 Å². The highest BCUT2D eigenvalue weighted by atomic mass is 79.9. The highest BCUT2D eigenvalue weighted by Gasteiger charge is 2.14. The Kier molecular flexibility index (Phi) is 5.43. The molecule has 6 nitrogen and oxygen atoms in total. The van der Waals surface area contributed by atoms with E-state index < -0.39 is 5.82 Å². The fourth-order valence-electron chi connectivity index (χ4n) is 2.55. The highest BCUT2D eigenvalue weighted by molar-refractivity contribution is 9.10. The molecule has 3 aromatic rings. The first-order valence-corrected chi connectivity index (χ1v) is 8.97. The Hall–Kier alpha value is -2.19. The van der Waals surface area contributed by atoms with Crippen molar-refractivity contribution in [2.24, 2.45) is 0 Å². The molecule has 0 bridgehead atoms. The number of hydrogen-bond donors (Lipinski definition) is 1. The number of halogens is 3. The van der Waals surface area contributed by atoms with Crippen LogP contribution in [0.25, 0.3) is 0 Å². The van der Waals surface area contributed by atoms with Crippen molar-refractivity contribution in [3.63, 3.8) is 0 Å². The summed E-state index contributed by atoms with van der Waals surface area (Å²) in [5.74, 6) is -0.311. The normalized spacial score (nSPS) is 11.0. The van der Waals surface area contributed by atoms with Gasteiger partial charge in [0.05, 0.1) is 16.7 Å². The van der Waals surface area contributed by atoms with Crippen molar-refractivity contribution in [1.29, 1.82) is 0 Å². The van der Waals surface area contributed by atoms with Gasteiger partial charge in [0.25, 0.3) is 0 Å². The van der Waals surface area contributed by atoms with Crippen LogP contribution < -0.4 is 5.32 Å². The van der Waals surface area contributed by atoms with Gasteiger partial charge in [0.2, 0.25) is 5.91 Å². The van der Waals surface area contributed by atoms with Gasteiger partial charge in [-0.1, -0.05) is 17.7 Å². The van der Waals surface area contributed by atoms with Gasteiger partial charge in [-0.15, -0.1) is 0 Å². The molecule has 136 valence electrons. The lowest BCUT2D eigenvalue weighted by Gasteiger charge is -2.06. The molecule has 1 aromatic carbocycles. The molecule has 0 radical (unpaired) electrons. The summed E-state index contributed by atoms with van der Waals surface area (Å²) >= 11 is 9.40. The van der Waals surface area contributed by atoms with Gasteiger partial charge in [0, 0.05) is 22.5 Å². The zero-order valence-electron chi connectivity index (χ0n) is 14.1. The molecule has 0 aliphatic heterocycles. The number of nitrogens with one attached hydrogen (secondary N) is 1. The largest absolute Gasteiger partial charge is 0.307 e. The number of hydrogen-bond acceptors (Lipinski definition) is 3. The summed E-state index contributed by atoms with van der Waals surface area (Å²) in [7, 11) is 0. The van der Waals surface area contributed by atoms with Crippen LogP contribution in [0.4, 0.5) is 10.2 Å². The van der Waals surface area contributed by atoms with Gasteiger partial charge in [-0.25, -0.2) is 4.39 Å². The number of aromatic nitrogens is 4. The van der Waals surface area contributed by atoms with E-state index in [9.17, 15) is 9.18 Å². The lowest BCUT2D eigenvalue weighted by atomic mass is 10.2. The third-order valence-electron chi connectivity index (χ3n) is 3.75. The molecular formula is C17H16BrClFN5O. The number of amides is 1. The van der Waals surface area contributed by atoms with Gasteiger partial charge in [0.1, 0.15) is 12.4 Å². The quantitative estimate of drug-likeness (QED) is 0.653. The summed E-state index contributed by atoms with van der Waals surface area (Å²) in [4.78, 5) is 12.2. The monoisotopic (exact) mass is 439 g/mol. The number of carbonyl (C=O) groups is 1. The summed E-state index contributed by atoms with van der Waals surface area (Å²) in [5, 5.41) is 11.6. The van der Waals surface area contributed by atoms with Crippen molar-refractivity contribution in [1.82, 2.24) is 19.6 Å². The molecule has 0 atom stereocenters. The molecule has 0 saturated heterocycles. The Balaban J connectivity index is 1.72. The summed E-state index contributed by atoms with van der Waals surface area (Å²) < 4.78 is 17.6. The summed E-state index contributed by atoms with van der Waals surface area (Å²) in [6.07, 6.45) is 1.65. The van der Waals surface area contributed by atoms with Crippen molar-refractivity contribution in [2.45, 2.75) is 26.9 Å². The van der Waals surface area contributed by atoms with E-state index in [1.807, 2.05) is 19.9 Å². The summed E-state index contributed by atoms with van der Waals surface area (Å²) in [6, 6.07) is 6.41. The van der Waals surface area contributed by atoms with E-state index in [4.69, 9.17) is 11.6 Å². The Labute approximate surface area is 163 Å². The van der Waals surface area contributed by atoms with Gasteiger partial charge in [-0.05, 0) is 48.0 Å². The fraction of sp³-hybridized carbons (Fsp3) is 0.235. The molecule has 0 unspecified atom stereocenters. The fourth-order valence-corrected chi connectivity index (χ4v) is 3.19. The molecule has 0 saturated carbocycles. The maximum absolute atomic E-state index is 13.9. The Morgan fingerprint density at radius 3 is 2.77 bits per heavy atom. The molecule has 26 heavy (non-hydrogen) atoms. The first-order valence-electron chi connectivity index (χ1n) is 7.80. The van der Waals surface area contributed by atoms with Gasteiger partial charge in [-0.2, -0.15) is 10.2 Å². The van der Waals surface area contributed by atoms with Crippen molar-refractivity contribution in [3.05, 3.63) is 62.7 Å². The third kappa shape index (κ3) is 4.13. The zero-order valence-corrected chi connectivity index (χ0v) is 16.5. The lowest BCUT2D eigenvalue weighted by Crippen LogP contribution is -2.21. The molecule has 3 rings (SSSR count). The minimum absolute atomic E-state index is 0.0815. The predicted molar refractivity (Wildman–Crippen MR) is 101 cm³/mol. The topological polar surface area (TPSA) is 64.7 Å². The van der Waals surface area contributed by atoms with E-state index in [0.29, 0.717) is 20.9 Å². The van der Waals surface area contributed by atoms with Crippen LogP contribution >= 0.6 is 27.5 Å². The molecule has 1 amide bonds. The minimum Gasteiger partial charge on any atom is -0.307 e. The molecule has 2 aromatic heterocycles. The van der Waals surface area contributed by atoms with Crippen LogP contribution in [0.3, 0.4) is 0 Å². The second-order valence-electron chi connectivity index (χ2n) is 5.86. The maximum atomic E-state index is 13.9. The van der Waals surface area contributed by atoms with Crippen molar-refractivity contribution in [2.75, 3.05) is 5.32 Å². The third-order valence-corrected chi connectivity index (χ3v) is 4.69. The smallest absolute Gasteiger partial charge is 0.247 e. The van der Waals surface area contributed by atoms with Crippen LogP contribution in [-0.4, -0.2) is 25.5 Å². The van der Waals surface area contributed by atoms with Gasteiger partial charge in [-0.3, -0.25) is 14.2 Å². The summed E-state index contributed by atoms with van der Waals surface area (Å²) in [6.45, 7) is 3.99. The van der Waals surface area contributed by atoms with E-state index in [-0.39, 0.29) is 19.0 Å². The SMILES string of the molecule is Cc1cc(C)n(CC(=O)Nc2nn(Cc3c(F)cccc3Cl)cc2Br)n1. The van der Waals surface area contributed by atoms with E-state index in [1.165, 1.54) is 10.7 Å². The first kappa shape index (κ1) is 18.6. The molecule has 0 aliphatic rings. The van der Waals surface area contributed by atoms with Crippen LogP contribution in [0.15, 0.2) is 34.9 Å². The van der Waals surface area contributed by atoms with Crippen molar-refractivity contribution < 1.29 is 9.18 Å². The van der Waals surface area contributed by atoms with Gasteiger partial charge in [0.15, 0.2) is 5.82 Å². The second kappa shape index (κ2) is 7.59. The molecule has 1 N–H and O–H groups in total. The van der Waals surface area contributed by atoms with Crippen LogP contribution in [0.1, 0.15) is 17.0 Å². The molecular weight excluding hydrogens is 425 g/mol. The number of benzene rings is 1. The minimum atomic E-state index is -0.403. The average molecular weight is 441 g/mol. The molecule has 0 aliphatic carbocycles. The van der Waals surface area contributed by atoms with Gasteiger partial charge >= 0.3 is 0 Å². The zero-order chi connectivity index (χ0) is 18.8. The van der Waals surface area contributed by atoms with Gasteiger partial charge < -0.3 is 5.32 Å². The van der Waals surface area contributed by atoms with Crippen LogP contribution in [-0.2, 0) is 17.9 Å². The Morgan fingerprint density at radius 2 is 2.12 bits per heavy atom. The Morgan fingerprint density at radius 1 is 1.35 bits per heavy atom. The molecule has 0 fully saturated rings. The predicted octanol–water partition coefficient (Wildman–Crippen LogP) is 3.94. The molecule has 2 heterocycles. The van der Waals surface area contributed by atoms with Crippen LogP contribution in [0, 0.1) is 19.7 Å².